The molecule has 2 aliphatic rings. The van der Waals surface area contributed by atoms with Crippen molar-refractivity contribution < 1.29 is 33.0 Å². The van der Waals surface area contributed by atoms with Gasteiger partial charge in [0.2, 0.25) is 5.91 Å². The van der Waals surface area contributed by atoms with Crippen molar-refractivity contribution in [3.63, 3.8) is 0 Å². The van der Waals surface area contributed by atoms with Crippen LogP contribution < -0.4 is 15.2 Å². The summed E-state index contributed by atoms with van der Waals surface area (Å²) in [7, 11) is 0. The second-order valence-corrected chi connectivity index (χ2v) is 10.4. The number of ketones is 1. The maximum absolute atomic E-state index is 14.4. The molecule has 7 nitrogen and oxygen atoms in total. The third kappa shape index (κ3) is 4.86. The summed E-state index contributed by atoms with van der Waals surface area (Å²) in [5, 5.41) is 11.4. The minimum atomic E-state index is -1.60. The van der Waals surface area contributed by atoms with Crippen LogP contribution in [0.15, 0.2) is 48.5 Å². The number of primary amides is 1. The van der Waals surface area contributed by atoms with Gasteiger partial charge in [-0.05, 0) is 81.6 Å². The van der Waals surface area contributed by atoms with E-state index in [4.69, 9.17) is 15.2 Å². The van der Waals surface area contributed by atoms with Gasteiger partial charge in [-0.1, -0.05) is 0 Å². The van der Waals surface area contributed by atoms with Gasteiger partial charge in [0.05, 0.1) is 11.8 Å². The minimum Gasteiger partial charge on any atom is -0.489 e. The van der Waals surface area contributed by atoms with Gasteiger partial charge in [0.1, 0.15) is 34.9 Å². The zero-order chi connectivity index (χ0) is 27.2. The molecule has 9 heteroatoms. The predicted octanol–water partition coefficient (Wildman–Crippen LogP) is 4.57. The fourth-order valence-corrected chi connectivity index (χ4v) is 4.43. The van der Waals surface area contributed by atoms with Gasteiger partial charge in [-0.25, -0.2) is 13.8 Å². The number of halogens is 2. The Balaban J connectivity index is 1.43. The molecular formula is C29H28F2N2O5. The maximum atomic E-state index is 14.4. The second kappa shape index (κ2) is 9.47. The summed E-state index contributed by atoms with van der Waals surface area (Å²) >= 11 is 0. The lowest BCUT2D eigenvalue weighted by molar-refractivity contribution is -0.123. The Kier molecular flexibility index (Phi) is 6.43. The van der Waals surface area contributed by atoms with Crippen molar-refractivity contribution in [2.24, 2.45) is 5.73 Å². The average molecular weight is 523 g/mol. The third-order valence-corrected chi connectivity index (χ3v) is 7.20. The highest BCUT2D eigenvalue weighted by Gasteiger charge is 2.45. The number of nitrogens with zero attached hydrogens (tertiary/aromatic N) is 1. The Bertz CT molecular complexity index is 1420. The highest BCUT2D eigenvalue weighted by molar-refractivity contribution is 5.96. The molecule has 2 aromatic carbocycles. The van der Waals surface area contributed by atoms with Crippen molar-refractivity contribution in [1.82, 2.24) is 4.98 Å². The molecule has 1 saturated carbocycles. The molecule has 0 radical (unpaired) electrons. The first-order valence-electron chi connectivity index (χ1n) is 12.4. The standard InChI is InChI=1S/C29H28F2N2O5/c1-28(27(32)35)15-37-26-20(28)14-24(33-25(26)16-3-6-18(30)7-4-16)29(2,36)12-11-22(34)17-5-10-23(21(31)13-17)38-19-8-9-19/h3-7,10,13-14,19,36H,8-9,11-12,15H2,1-2H3,(H2,32,35)/t28-,29-/m0/s1. The molecular weight excluding hydrogens is 494 g/mol. The first-order chi connectivity index (χ1) is 18.0. The van der Waals surface area contributed by atoms with E-state index in [0.717, 1.165) is 18.9 Å². The SMILES string of the molecule is C[C@](O)(CCC(=O)c1ccc(OC2CC2)c(F)c1)c1cc2c(c(-c3ccc(F)cc3)n1)OC[C@]2(C)C(N)=O. The summed E-state index contributed by atoms with van der Waals surface area (Å²) in [6, 6.07) is 11.3. The Labute approximate surface area is 218 Å². The van der Waals surface area contributed by atoms with Crippen molar-refractivity contribution in [3.05, 3.63) is 77.0 Å². The Morgan fingerprint density at radius 2 is 1.89 bits per heavy atom. The lowest BCUT2D eigenvalue weighted by Crippen LogP contribution is -2.40. The number of pyridine rings is 1. The molecule has 1 fully saturated rings. The summed E-state index contributed by atoms with van der Waals surface area (Å²) in [5.41, 5.74) is 4.58. The van der Waals surface area contributed by atoms with Crippen molar-refractivity contribution in [2.45, 2.75) is 56.7 Å². The van der Waals surface area contributed by atoms with Gasteiger partial charge >= 0.3 is 0 Å². The molecule has 3 aromatic rings. The molecule has 2 heterocycles. The van der Waals surface area contributed by atoms with Crippen LogP contribution in [0.25, 0.3) is 11.3 Å². The van der Waals surface area contributed by atoms with Crippen LogP contribution in [0.1, 0.15) is 61.1 Å². The number of fused-ring (bicyclic) bond motifs is 1. The van der Waals surface area contributed by atoms with E-state index in [2.05, 4.69) is 4.98 Å². The fraction of sp³-hybridized carbons (Fsp3) is 0.345. The highest BCUT2D eigenvalue weighted by Crippen LogP contribution is 2.46. The quantitative estimate of drug-likeness (QED) is 0.398. The molecule has 0 spiro atoms. The van der Waals surface area contributed by atoms with Gasteiger partial charge < -0.3 is 20.3 Å². The Hall–Kier alpha value is -3.85. The fourth-order valence-electron chi connectivity index (χ4n) is 4.43. The predicted molar refractivity (Wildman–Crippen MR) is 135 cm³/mol. The minimum absolute atomic E-state index is 0.0103. The molecule has 1 amide bonds. The molecule has 198 valence electrons. The number of hydrogen-bond donors (Lipinski definition) is 2. The van der Waals surface area contributed by atoms with Crippen LogP contribution in [0.5, 0.6) is 11.5 Å². The summed E-state index contributed by atoms with van der Waals surface area (Å²) in [6.07, 6.45) is 1.68. The van der Waals surface area contributed by atoms with Gasteiger partial charge in [-0.3, -0.25) is 9.59 Å². The van der Waals surface area contributed by atoms with Gasteiger partial charge in [0, 0.05) is 23.1 Å². The van der Waals surface area contributed by atoms with Crippen LogP contribution in [-0.2, 0) is 15.8 Å². The number of hydrogen-bond acceptors (Lipinski definition) is 6. The van der Waals surface area contributed by atoms with Gasteiger partial charge in [0.15, 0.2) is 17.3 Å². The molecule has 3 N–H and O–H groups in total. The van der Waals surface area contributed by atoms with E-state index in [9.17, 15) is 23.5 Å². The summed E-state index contributed by atoms with van der Waals surface area (Å²) in [6.45, 7) is 3.14. The molecule has 38 heavy (non-hydrogen) atoms. The monoisotopic (exact) mass is 522 g/mol. The number of aromatic nitrogens is 1. The molecule has 0 bridgehead atoms. The molecule has 1 aliphatic heterocycles. The van der Waals surface area contributed by atoms with Gasteiger partial charge in [-0.15, -0.1) is 0 Å². The van der Waals surface area contributed by atoms with Crippen molar-refractivity contribution in [3.8, 4) is 22.8 Å². The lowest BCUT2D eigenvalue weighted by atomic mass is 9.81. The van der Waals surface area contributed by atoms with Crippen molar-refractivity contribution in [2.75, 3.05) is 6.61 Å². The van der Waals surface area contributed by atoms with Gasteiger partial charge in [0.25, 0.3) is 0 Å². The molecule has 0 unspecified atom stereocenters. The maximum Gasteiger partial charge on any atom is 0.231 e. The van der Waals surface area contributed by atoms with E-state index < -0.39 is 28.6 Å². The summed E-state index contributed by atoms with van der Waals surface area (Å²) in [4.78, 5) is 29.8. The number of nitrogens with two attached hydrogens (primary N) is 1. The van der Waals surface area contributed by atoms with E-state index in [0.29, 0.717) is 22.6 Å². The number of benzene rings is 2. The van der Waals surface area contributed by atoms with Crippen LogP contribution in [0.3, 0.4) is 0 Å². The average Bonchev–Trinajstić information content (AvgIpc) is 3.64. The lowest BCUT2D eigenvalue weighted by Gasteiger charge is -2.26. The summed E-state index contributed by atoms with van der Waals surface area (Å²) < 4.78 is 39.3. The van der Waals surface area contributed by atoms with E-state index in [1.54, 1.807) is 13.0 Å². The van der Waals surface area contributed by atoms with Crippen molar-refractivity contribution in [1.29, 1.82) is 0 Å². The van der Waals surface area contributed by atoms with Crippen molar-refractivity contribution >= 4 is 11.7 Å². The first-order valence-corrected chi connectivity index (χ1v) is 12.4. The molecule has 1 aromatic heterocycles. The molecule has 5 rings (SSSR count). The van der Waals surface area contributed by atoms with E-state index in [1.165, 1.54) is 43.3 Å². The van der Waals surface area contributed by atoms with E-state index in [1.807, 2.05) is 0 Å². The largest absolute Gasteiger partial charge is 0.489 e. The zero-order valence-corrected chi connectivity index (χ0v) is 21.1. The van der Waals surface area contributed by atoms with E-state index in [-0.39, 0.29) is 48.3 Å². The highest BCUT2D eigenvalue weighted by atomic mass is 19.1. The smallest absolute Gasteiger partial charge is 0.231 e. The molecule has 2 atom stereocenters. The first kappa shape index (κ1) is 25.8. The number of amides is 1. The van der Waals surface area contributed by atoms with Crippen LogP contribution in [0, 0.1) is 11.6 Å². The van der Waals surface area contributed by atoms with Crippen LogP contribution in [0.2, 0.25) is 0 Å². The number of Topliss-reactive ketones (excluding diaryl/α,β-unsaturated/α-hetero) is 1. The van der Waals surface area contributed by atoms with Crippen LogP contribution in [-0.4, -0.2) is 34.5 Å². The Morgan fingerprint density at radius 3 is 2.53 bits per heavy atom. The van der Waals surface area contributed by atoms with Crippen LogP contribution >= 0.6 is 0 Å². The normalized spacial score (nSPS) is 19.8. The number of rotatable bonds is 9. The third-order valence-electron chi connectivity index (χ3n) is 7.20. The second-order valence-electron chi connectivity index (χ2n) is 10.4. The number of carbonyl (C=O) groups excluding carboxylic acids is 2. The van der Waals surface area contributed by atoms with Gasteiger partial charge in [-0.2, -0.15) is 0 Å². The molecule has 1 aliphatic carbocycles. The number of carbonyl (C=O) groups is 2. The summed E-state index contributed by atoms with van der Waals surface area (Å²) in [5.74, 6) is -1.55. The Morgan fingerprint density at radius 1 is 1.18 bits per heavy atom. The zero-order valence-electron chi connectivity index (χ0n) is 21.1. The number of ether oxygens (including phenoxy) is 2. The van der Waals surface area contributed by atoms with E-state index >= 15 is 0 Å². The number of aliphatic hydroxyl groups is 1. The van der Waals surface area contributed by atoms with Crippen LogP contribution in [0.4, 0.5) is 8.78 Å². The topological polar surface area (TPSA) is 112 Å². The molecule has 0 saturated heterocycles.